The zero-order chi connectivity index (χ0) is 22.0. The van der Waals surface area contributed by atoms with Crippen LogP contribution in [0.5, 0.6) is 0 Å². The van der Waals surface area contributed by atoms with Gasteiger partial charge in [-0.3, -0.25) is 0 Å². The lowest BCUT2D eigenvalue weighted by molar-refractivity contribution is 0.669. The lowest BCUT2D eigenvalue weighted by Crippen LogP contribution is -2.12. The molecule has 0 saturated carbocycles. The van der Waals surface area contributed by atoms with E-state index < -0.39 is 0 Å². The third-order valence-corrected chi connectivity index (χ3v) is 6.10. The van der Waals surface area contributed by atoms with Gasteiger partial charge in [-0.2, -0.15) is 0 Å². The van der Waals surface area contributed by atoms with Gasteiger partial charge in [0, 0.05) is 27.8 Å². The van der Waals surface area contributed by atoms with Gasteiger partial charge in [0.15, 0.2) is 0 Å². The van der Waals surface area contributed by atoms with Crippen molar-refractivity contribution in [3.05, 3.63) is 139 Å². The second kappa shape index (κ2) is 8.33. The Bertz CT molecular complexity index is 1530. The van der Waals surface area contributed by atoms with Crippen LogP contribution >= 0.6 is 0 Å². The molecule has 6 rings (SSSR count). The summed E-state index contributed by atoms with van der Waals surface area (Å²) in [6.07, 6.45) is 0.872. The summed E-state index contributed by atoms with van der Waals surface area (Å²) in [7, 11) is 0. The minimum Gasteiger partial charge on any atom is -0.456 e. The molecule has 0 spiro atoms. The fraction of sp³-hybridized carbons (Fsp3) is 0.0323. The van der Waals surface area contributed by atoms with Crippen LogP contribution in [-0.4, -0.2) is 0 Å². The number of benzene rings is 5. The number of hydrogen-bond acceptors (Lipinski definition) is 2. The fourth-order valence-corrected chi connectivity index (χ4v) is 4.55. The maximum absolute atomic E-state index is 6.08. The molecule has 158 valence electrons. The van der Waals surface area contributed by atoms with Crippen LogP contribution in [-0.2, 0) is 6.42 Å². The van der Waals surface area contributed by atoms with Crippen molar-refractivity contribution in [3.8, 4) is 0 Å². The highest BCUT2D eigenvalue weighted by Gasteiger charge is 2.17. The lowest BCUT2D eigenvalue weighted by atomic mass is 10.0. The summed E-state index contributed by atoms with van der Waals surface area (Å²) < 4.78 is 6.08. The Kier molecular flexibility index (Phi) is 4.89. The van der Waals surface area contributed by atoms with Crippen molar-refractivity contribution in [2.75, 3.05) is 4.90 Å². The van der Waals surface area contributed by atoms with Crippen LogP contribution in [0.4, 0.5) is 17.1 Å². The van der Waals surface area contributed by atoms with Gasteiger partial charge in [-0.1, -0.05) is 84.9 Å². The molecule has 0 N–H and O–H groups in total. The number of rotatable bonds is 5. The van der Waals surface area contributed by atoms with Crippen molar-refractivity contribution < 1.29 is 4.42 Å². The molecule has 1 aromatic heterocycles. The minimum absolute atomic E-state index is 0.872. The van der Waals surface area contributed by atoms with Gasteiger partial charge in [-0.15, -0.1) is 0 Å². The molecule has 0 aliphatic rings. The summed E-state index contributed by atoms with van der Waals surface area (Å²) in [5.74, 6) is 0. The molecule has 0 unspecified atom stereocenters. The molecule has 0 bridgehead atoms. The van der Waals surface area contributed by atoms with E-state index in [1.165, 1.54) is 16.8 Å². The molecule has 5 aromatic carbocycles. The van der Waals surface area contributed by atoms with Gasteiger partial charge in [0.05, 0.1) is 0 Å². The predicted octanol–water partition coefficient (Wildman–Crippen LogP) is 8.65. The first-order chi connectivity index (χ1) is 16.4. The maximum Gasteiger partial charge on any atom is 0.135 e. The first-order valence-electron chi connectivity index (χ1n) is 11.3. The van der Waals surface area contributed by atoms with E-state index in [4.69, 9.17) is 4.42 Å². The summed E-state index contributed by atoms with van der Waals surface area (Å²) in [5, 5.41) is 2.27. The summed E-state index contributed by atoms with van der Waals surface area (Å²) in [6.45, 7) is 0. The minimum atomic E-state index is 0.872. The van der Waals surface area contributed by atoms with E-state index in [0.29, 0.717) is 0 Å². The van der Waals surface area contributed by atoms with Crippen LogP contribution in [0, 0.1) is 0 Å². The van der Waals surface area contributed by atoms with Crippen molar-refractivity contribution in [1.29, 1.82) is 0 Å². The standard InChI is InChI=1S/C31H23NO/c1-3-11-23(12-4-1)21-24-13-7-9-17-29(24)32(25-14-5-2-6-15-25)26-19-20-31-28(22-26)27-16-8-10-18-30(27)33-31/h1-20,22H,21H2. The molecule has 0 fully saturated rings. The summed E-state index contributed by atoms with van der Waals surface area (Å²) in [4.78, 5) is 2.35. The SMILES string of the molecule is c1ccc(Cc2ccccc2N(c2ccccc2)c2ccc3oc4ccccc4c3c2)cc1. The third kappa shape index (κ3) is 3.66. The molecule has 1 heterocycles. The van der Waals surface area contributed by atoms with Crippen LogP contribution in [0.3, 0.4) is 0 Å². The molecule has 0 radical (unpaired) electrons. The number of furan rings is 1. The largest absolute Gasteiger partial charge is 0.456 e. The van der Waals surface area contributed by atoms with Crippen LogP contribution < -0.4 is 4.90 Å². The van der Waals surface area contributed by atoms with Gasteiger partial charge in [0.1, 0.15) is 11.2 Å². The second-order valence-corrected chi connectivity index (χ2v) is 8.24. The number of nitrogens with zero attached hydrogens (tertiary/aromatic N) is 1. The molecule has 0 aliphatic heterocycles. The van der Waals surface area contributed by atoms with Crippen molar-refractivity contribution in [3.63, 3.8) is 0 Å². The fourth-order valence-electron chi connectivity index (χ4n) is 4.55. The Hall–Kier alpha value is -4.30. The van der Waals surface area contributed by atoms with Crippen molar-refractivity contribution in [2.24, 2.45) is 0 Å². The van der Waals surface area contributed by atoms with Crippen LogP contribution in [0.25, 0.3) is 21.9 Å². The summed E-state index contributed by atoms with van der Waals surface area (Å²) in [6, 6.07) is 44.6. The lowest BCUT2D eigenvalue weighted by Gasteiger charge is -2.28. The van der Waals surface area contributed by atoms with E-state index in [-0.39, 0.29) is 0 Å². The van der Waals surface area contributed by atoms with Crippen LogP contribution in [0.15, 0.2) is 132 Å². The molecule has 0 amide bonds. The first kappa shape index (κ1) is 19.4. The van der Waals surface area contributed by atoms with Gasteiger partial charge in [0.25, 0.3) is 0 Å². The Morgan fingerprint density at radius 1 is 0.515 bits per heavy atom. The third-order valence-electron chi connectivity index (χ3n) is 6.10. The first-order valence-corrected chi connectivity index (χ1v) is 11.3. The average Bonchev–Trinajstić information content (AvgIpc) is 3.25. The number of hydrogen-bond donors (Lipinski definition) is 0. The smallest absolute Gasteiger partial charge is 0.135 e. The van der Waals surface area contributed by atoms with E-state index >= 15 is 0 Å². The van der Waals surface area contributed by atoms with Crippen molar-refractivity contribution >= 4 is 39.0 Å². The molecule has 0 atom stereocenters. The Balaban J connectivity index is 1.54. The van der Waals surface area contributed by atoms with E-state index in [2.05, 4.69) is 120 Å². The average molecular weight is 426 g/mol. The van der Waals surface area contributed by atoms with Gasteiger partial charge in [0.2, 0.25) is 0 Å². The number of fused-ring (bicyclic) bond motifs is 3. The maximum atomic E-state index is 6.08. The Morgan fingerprint density at radius 2 is 1.18 bits per heavy atom. The topological polar surface area (TPSA) is 16.4 Å². The number of anilines is 3. The zero-order valence-electron chi connectivity index (χ0n) is 18.2. The van der Waals surface area contributed by atoms with Gasteiger partial charge in [-0.25, -0.2) is 0 Å². The summed E-state index contributed by atoms with van der Waals surface area (Å²) in [5.41, 5.74) is 7.83. The molecule has 2 nitrogen and oxygen atoms in total. The Labute approximate surface area is 193 Å². The monoisotopic (exact) mass is 425 g/mol. The summed E-state index contributed by atoms with van der Waals surface area (Å²) >= 11 is 0. The molecule has 6 aromatic rings. The molecule has 2 heteroatoms. The molecule has 0 saturated heterocycles. The van der Waals surface area contributed by atoms with Crippen molar-refractivity contribution in [1.82, 2.24) is 0 Å². The van der Waals surface area contributed by atoms with Crippen LogP contribution in [0.1, 0.15) is 11.1 Å². The Morgan fingerprint density at radius 3 is 2.03 bits per heavy atom. The van der Waals surface area contributed by atoms with Gasteiger partial charge < -0.3 is 9.32 Å². The number of para-hydroxylation sites is 3. The van der Waals surface area contributed by atoms with Gasteiger partial charge in [-0.05, 0) is 60.0 Å². The zero-order valence-corrected chi connectivity index (χ0v) is 18.2. The molecule has 33 heavy (non-hydrogen) atoms. The quantitative estimate of drug-likeness (QED) is 0.275. The van der Waals surface area contributed by atoms with Crippen molar-refractivity contribution in [2.45, 2.75) is 6.42 Å². The van der Waals surface area contributed by atoms with E-state index in [1.807, 2.05) is 12.1 Å². The highest BCUT2D eigenvalue weighted by atomic mass is 16.3. The van der Waals surface area contributed by atoms with Crippen LogP contribution in [0.2, 0.25) is 0 Å². The highest BCUT2D eigenvalue weighted by molar-refractivity contribution is 6.06. The van der Waals surface area contributed by atoms with E-state index in [0.717, 1.165) is 39.7 Å². The highest BCUT2D eigenvalue weighted by Crippen LogP contribution is 2.40. The normalized spacial score (nSPS) is 11.2. The predicted molar refractivity (Wildman–Crippen MR) is 138 cm³/mol. The molecule has 0 aliphatic carbocycles. The molecular formula is C31H23NO. The van der Waals surface area contributed by atoms with Gasteiger partial charge >= 0.3 is 0 Å². The van der Waals surface area contributed by atoms with E-state index in [9.17, 15) is 0 Å². The molecular weight excluding hydrogens is 402 g/mol. The second-order valence-electron chi connectivity index (χ2n) is 8.24. The van der Waals surface area contributed by atoms with E-state index in [1.54, 1.807) is 0 Å².